The lowest BCUT2D eigenvalue weighted by atomic mass is 10.00. The summed E-state index contributed by atoms with van der Waals surface area (Å²) in [5, 5.41) is 3.65. The largest absolute Gasteiger partial charge is 0.348 e. The number of nitrogens with zero attached hydrogens (tertiary/aromatic N) is 3. The van der Waals surface area contributed by atoms with E-state index < -0.39 is 0 Å². The van der Waals surface area contributed by atoms with E-state index in [0.717, 1.165) is 18.4 Å². The minimum Gasteiger partial charge on any atom is -0.348 e. The van der Waals surface area contributed by atoms with Crippen molar-refractivity contribution < 1.29 is 0 Å². The van der Waals surface area contributed by atoms with Crippen molar-refractivity contribution in [2.75, 3.05) is 19.0 Å². The second-order valence-corrected chi connectivity index (χ2v) is 5.72. The second kappa shape index (κ2) is 5.74. The Morgan fingerprint density at radius 1 is 1.44 bits per heavy atom. The lowest BCUT2D eigenvalue weighted by Gasteiger charge is -2.20. The monoisotopic (exact) mass is 250 g/mol. The third-order valence-electron chi connectivity index (χ3n) is 4.17. The summed E-state index contributed by atoms with van der Waals surface area (Å²) in [6.45, 7) is 3.23. The van der Waals surface area contributed by atoms with Crippen LogP contribution in [-0.2, 0) is 13.6 Å². The molecule has 2 rings (SSSR count). The van der Waals surface area contributed by atoms with Gasteiger partial charge in [0.2, 0.25) is 5.95 Å². The van der Waals surface area contributed by atoms with E-state index in [2.05, 4.69) is 28.8 Å². The fraction of sp³-hybridized carbons (Fsp3) is 0.786. The van der Waals surface area contributed by atoms with E-state index in [1.165, 1.54) is 31.4 Å². The molecule has 0 aromatic carbocycles. The zero-order valence-corrected chi connectivity index (χ0v) is 12.1. The van der Waals surface area contributed by atoms with Gasteiger partial charge >= 0.3 is 0 Å². The zero-order chi connectivity index (χ0) is 13.1. The molecular weight excluding hydrogens is 224 g/mol. The first kappa shape index (κ1) is 13.4. The molecule has 1 aliphatic rings. The van der Waals surface area contributed by atoms with Crippen molar-refractivity contribution in [2.24, 2.45) is 13.0 Å². The van der Waals surface area contributed by atoms with Crippen molar-refractivity contribution in [3.05, 3.63) is 11.9 Å². The van der Waals surface area contributed by atoms with Crippen molar-refractivity contribution in [3.8, 4) is 0 Å². The van der Waals surface area contributed by atoms with Crippen LogP contribution in [0.5, 0.6) is 0 Å². The molecule has 18 heavy (non-hydrogen) atoms. The minimum absolute atomic E-state index is 0.616. The fourth-order valence-corrected chi connectivity index (χ4v) is 2.90. The van der Waals surface area contributed by atoms with Gasteiger partial charge in [0.1, 0.15) is 0 Å². The molecular formula is C14H26N4. The summed E-state index contributed by atoms with van der Waals surface area (Å²) in [7, 11) is 6.14. The maximum Gasteiger partial charge on any atom is 0.204 e. The van der Waals surface area contributed by atoms with Crippen LogP contribution in [0.3, 0.4) is 0 Å². The number of anilines is 1. The van der Waals surface area contributed by atoms with Gasteiger partial charge in [-0.1, -0.05) is 12.8 Å². The average molecular weight is 250 g/mol. The molecule has 1 heterocycles. The predicted octanol–water partition coefficient (Wildman–Crippen LogP) is 2.15. The highest BCUT2D eigenvalue weighted by Gasteiger charge is 2.21. The van der Waals surface area contributed by atoms with Gasteiger partial charge in [0.05, 0.1) is 11.9 Å². The van der Waals surface area contributed by atoms with Gasteiger partial charge in [-0.25, -0.2) is 4.98 Å². The van der Waals surface area contributed by atoms with Gasteiger partial charge in [-0.3, -0.25) is 0 Å². The molecule has 0 radical (unpaired) electrons. The summed E-state index contributed by atoms with van der Waals surface area (Å²) >= 11 is 0. The quantitative estimate of drug-likeness (QED) is 0.869. The van der Waals surface area contributed by atoms with Crippen molar-refractivity contribution in [1.82, 2.24) is 14.9 Å². The van der Waals surface area contributed by atoms with Gasteiger partial charge in [0.25, 0.3) is 0 Å². The van der Waals surface area contributed by atoms with Gasteiger partial charge in [-0.05, 0) is 25.7 Å². The SMILES string of the molecule is CC(NCc1cnc(N(C)C)n1C)C1CCCC1. The summed E-state index contributed by atoms with van der Waals surface area (Å²) in [6, 6.07) is 0.616. The number of imidazole rings is 1. The molecule has 4 heteroatoms. The Hall–Kier alpha value is -1.03. The summed E-state index contributed by atoms with van der Waals surface area (Å²) < 4.78 is 2.16. The van der Waals surface area contributed by atoms with E-state index in [1.807, 2.05) is 25.2 Å². The van der Waals surface area contributed by atoms with Gasteiger partial charge in [-0.15, -0.1) is 0 Å². The number of rotatable bonds is 5. The Morgan fingerprint density at radius 2 is 2.11 bits per heavy atom. The molecule has 102 valence electrons. The topological polar surface area (TPSA) is 33.1 Å². The van der Waals surface area contributed by atoms with E-state index in [0.29, 0.717) is 6.04 Å². The van der Waals surface area contributed by atoms with Crippen molar-refractivity contribution in [2.45, 2.75) is 45.2 Å². The molecule has 0 saturated heterocycles. The van der Waals surface area contributed by atoms with E-state index >= 15 is 0 Å². The minimum atomic E-state index is 0.616. The van der Waals surface area contributed by atoms with Crippen LogP contribution in [0.25, 0.3) is 0 Å². The predicted molar refractivity (Wildman–Crippen MR) is 75.8 cm³/mol. The Balaban J connectivity index is 1.89. The molecule has 1 aliphatic carbocycles. The highest BCUT2D eigenvalue weighted by atomic mass is 15.3. The summed E-state index contributed by atoms with van der Waals surface area (Å²) in [5.74, 6) is 1.88. The van der Waals surface area contributed by atoms with Crippen LogP contribution in [0.1, 0.15) is 38.3 Å². The Morgan fingerprint density at radius 3 is 2.67 bits per heavy atom. The van der Waals surface area contributed by atoms with Crippen molar-refractivity contribution >= 4 is 5.95 Å². The molecule has 1 atom stereocenters. The zero-order valence-electron chi connectivity index (χ0n) is 12.1. The Kier molecular flexibility index (Phi) is 4.27. The molecule has 4 nitrogen and oxygen atoms in total. The van der Waals surface area contributed by atoms with Crippen LogP contribution >= 0.6 is 0 Å². The van der Waals surface area contributed by atoms with Crippen molar-refractivity contribution in [3.63, 3.8) is 0 Å². The molecule has 0 bridgehead atoms. The lowest BCUT2D eigenvalue weighted by Crippen LogP contribution is -2.32. The summed E-state index contributed by atoms with van der Waals surface area (Å²) in [6.07, 6.45) is 7.58. The Labute approximate surface area is 110 Å². The van der Waals surface area contributed by atoms with Crippen LogP contribution in [0.2, 0.25) is 0 Å². The molecule has 0 spiro atoms. The third-order valence-corrected chi connectivity index (χ3v) is 4.17. The molecule has 0 amide bonds. The van der Waals surface area contributed by atoms with E-state index in [4.69, 9.17) is 0 Å². The normalized spacial score (nSPS) is 18.2. The molecule has 1 fully saturated rings. The summed E-state index contributed by atoms with van der Waals surface area (Å²) in [5.41, 5.74) is 1.25. The first-order chi connectivity index (χ1) is 8.59. The number of nitrogens with one attached hydrogen (secondary N) is 1. The van der Waals surface area contributed by atoms with E-state index in [1.54, 1.807) is 0 Å². The third kappa shape index (κ3) is 2.86. The van der Waals surface area contributed by atoms with Crippen molar-refractivity contribution in [1.29, 1.82) is 0 Å². The van der Waals surface area contributed by atoms with E-state index in [9.17, 15) is 0 Å². The highest BCUT2D eigenvalue weighted by molar-refractivity contribution is 5.30. The molecule has 0 aliphatic heterocycles. The van der Waals surface area contributed by atoms with Gasteiger partial charge in [-0.2, -0.15) is 0 Å². The fourth-order valence-electron chi connectivity index (χ4n) is 2.90. The first-order valence-electron chi connectivity index (χ1n) is 7.01. The molecule has 1 aromatic heterocycles. The van der Waals surface area contributed by atoms with Gasteiger partial charge < -0.3 is 14.8 Å². The van der Waals surface area contributed by atoms with Crippen LogP contribution in [0.4, 0.5) is 5.95 Å². The average Bonchev–Trinajstić information content (AvgIpc) is 2.95. The maximum atomic E-state index is 4.44. The molecule has 1 unspecified atom stereocenters. The van der Waals surface area contributed by atoms with Gasteiger partial charge in [0, 0.05) is 33.7 Å². The Bertz CT molecular complexity index is 377. The second-order valence-electron chi connectivity index (χ2n) is 5.72. The van der Waals surface area contributed by atoms with Crippen LogP contribution in [0, 0.1) is 5.92 Å². The highest BCUT2D eigenvalue weighted by Crippen LogP contribution is 2.27. The number of hydrogen-bond acceptors (Lipinski definition) is 3. The molecule has 1 saturated carbocycles. The van der Waals surface area contributed by atoms with Gasteiger partial charge in [0.15, 0.2) is 0 Å². The molecule has 1 N–H and O–H groups in total. The van der Waals surface area contributed by atoms with Crippen LogP contribution < -0.4 is 10.2 Å². The van der Waals surface area contributed by atoms with E-state index in [-0.39, 0.29) is 0 Å². The lowest BCUT2D eigenvalue weighted by molar-refractivity contribution is 0.377. The van der Waals surface area contributed by atoms with Crippen LogP contribution in [-0.4, -0.2) is 29.7 Å². The first-order valence-corrected chi connectivity index (χ1v) is 7.01. The maximum absolute atomic E-state index is 4.44. The summed E-state index contributed by atoms with van der Waals surface area (Å²) in [4.78, 5) is 6.49. The van der Waals surface area contributed by atoms with Crippen LogP contribution in [0.15, 0.2) is 6.20 Å². The number of hydrogen-bond donors (Lipinski definition) is 1. The number of aromatic nitrogens is 2. The smallest absolute Gasteiger partial charge is 0.204 e. The standard InChI is InChI=1S/C14H26N4/c1-11(12-7-5-6-8-12)15-9-13-10-16-14(17(2)3)18(13)4/h10-12,15H,5-9H2,1-4H3. The molecule has 1 aromatic rings.